The third kappa shape index (κ3) is 8.09. The molecule has 0 N–H and O–H groups in total. The van der Waals surface area contributed by atoms with Gasteiger partial charge in [0.2, 0.25) is 0 Å². The van der Waals surface area contributed by atoms with E-state index in [1.807, 2.05) is 30.3 Å². The van der Waals surface area contributed by atoms with E-state index in [1.54, 1.807) is 0 Å². The maximum Gasteiger partial charge on any atom is 2.00 e. The molecule has 0 aliphatic carbocycles. The van der Waals surface area contributed by atoms with Crippen molar-refractivity contribution in [1.29, 1.82) is 0 Å². The van der Waals surface area contributed by atoms with E-state index < -0.39 is 6.10 Å². The van der Waals surface area contributed by atoms with Gasteiger partial charge in [0.15, 0.2) is 0 Å². The summed E-state index contributed by atoms with van der Waals surface area (Å²) >= 11 is 0. The molecule has 0 spiro atoms. The average molecular weight is 237 g/mol. The van der Waals surface area contributed by atoms with Crippen LogP contribution in [0, 0.1) is 0 Å². The number of hydrogen-bond acceptors (Lipinski definition) is 1. The van der Waals surface area contributed by atoms with Gasteiger partial charge in [-0.15, -0.1) is 6.10 Å². The van der Waals surface area contributed by atoms with Gasteiger partial charge in [-0.05, 0) is 12.0 Å². The van der Waals surface area contributed by atoms with Gasteiger partial charge in [0, 0.05) is 0 Å². The number of hydrogen-bond donors (Lipinski definition) is 0. The molecule has 15 heavy (non-hydrogen) atoms. The molecule has 0 amide bonds. The standard InChI is InChI=1S/C12H17O.ClH.Mg/c1-2-3-9-12(13)10-11-7-5-4-6-8-11;;/h4-8,12H,2-3,9-10H2,1H3;1H;/q-1;;+2/p-1. The molecule has 0 fully saturated rings. The van der Waals surface area contributed by atoms with Gasteiger partial charge >= 0.3 is 23.1 Å². The minimum atomic E-state index is -0.414. The van der Waals surface area contributed by atoms with Crippen LogP contribution in [0.15, 0.2) is 30.3 Å². The summed E-state index contributed by atoms with van der Waals surface area (Å²) in [5.41, 5.74) is 1.17. The van der Waals surface area contributed by atoms with Crippen molar-refractivity contribution in [1.82, 2.24) is 0 Å². The molecular formula is C12H17ClMgO. The van der Waals surface area contributed by atoms with Crippen LogP contribution in [-0.2, 0) is 6.42 Å². The van der Waals surface area contributed by atoms with Gasteiger partial charge in [0.1, 0.15) is 0 Å². The van der Waals surface area contributed by atoms with Crippen LogP contribution in [0.4, 0.5) is 0 Å². The molecule has 0 aliphatic heterocycles. The van der Waals surface area contributed by atoms with Crippen LogP contribution in [0.2, 0.25) is 0 Å². The zero-order chi connectivity index (χ0) is 9.52. The van der Waals surface area contributed by atoms with Crippen LogP contribution in [-0.4, -0.2) is 29.2 Å². The Balaban J connectivity index is 0. The van der Waals surface area contributed by atoms with Crippen LogP contribution in [0.25, 0.3) is 0 Å². The number of halogens is 1. The normalized spacial score (nSPS) is 11.1. The Hall–Kier alpha value is 0.236. The summed E-state index contributed by atoms with van der Waals surface area (Å²) in [7, 11) is 0. The van der Waals surface area contributed by atoms with Gasteiger partial charge < -0.3 is 17.5 Å². The van der Waals surface area contributed by atoms with Crippen molar-refractivity contribution >= 4 is 23.1 Å². The molecule has 0 heterocycles. The third-order valence-corrected chi connectivity index (χ3v) is 2.19. The maximum absolute atomic E-state index is 11.5. The first kappa shape index (κ1) is 17.6. The van der Waals surface area contributed by atoms with Crippen molar-refractivity contribution in [2.45, 2.75) is 38.7 Å². The minimum absolute atomic E-state index is 0. The van der Waals surface area contributed by atoms with E-state index in [2.05, 4.69) is 6.92 Å². The smallest absolute Gasteiger partial charge is 1.00 e. The number of unbranched alkanes of at least 4 members (excludes halogenated alkanes) is 1. The van der Waals surface area contributed by atoms with Gasteiger partial charge in [-0.25, -0.2) is 0 Å². The van der Waals surface area contributed by atoms with E-state index >= 15 is 0 Å². The molecule has 80 valence electrons. The zero-order valence-electron chi connectivity index (χ0n) is 9.29. The Morgan fingerprint density at radius 1 is 1.20 bits per heavy atom. The average Bonchev–Trinajstić information content (AvgIpc) is 2.16. The summed E-state index contributed by atoms with van der Waals surface area (Å²) in [6, 6.07) is 10.0. The fraction of sp³-hybridized carbons (Fsp3) is 0.500. The Morgan fingerprint density at radius 2 is 1.80 bits per heavy atom. The summed E-state index contributed by atoms with van der Waals surface area (Å²) in [6.07, 6.45) is 3.25. The Kier molecular flexibility index (Phi) is 12.6. The summed E-state index contributed by atoms with van der Waals surface area (Å²) in [4.78, 5) is 0. The molecule has 0 bridgehead atoms. The van der Waals surface area contributed by atoms with Crippen molar-refractivity contribution in [3.63, 3.8) is 0 Å². The quantitative estimate of drug-likeness (QED) is 0.588. The molecule has 1 aromatic carbocycles. The summed E-state index contributed by atoms with van der Waals surface area (Å²) in [5.74, 6) is 0. The largest absolute Gasteiger partial charge is 2.00 e. The number of rotatable bonds is 5. The Labute approximate surface area is 115 Å². The summed E-state index contributed by atoms with van der Waals surface area (Å²) in [6.45, 7) is 2.12. The molecule has 3 heteroatoms. The van der Waals surface area contributed by atoms with E-state index in [0.717, 1.165) is 19.3 Å². The van der Waals surface area contributed by atoms with Gasteiger partial charge in [0.05, 0.1) is 0 Å². The monoisotopic (exact) mass is 236 g/mol. The first-order valence-electron chi connectivity index (χ1n) is 5.02. The van der Waals surface area contributed by atoms with E-state index in [0.29, 0.717) is 6.42 Å². The molecule has 0 saturated heterocycles. The molecule has 0 saturated carbocycles. The SMILES string of the molecule is CCCCC([O-])Cc1ccccc1.[Cl-].[Mg+2]. The van der Waals surface area contributed by atoms with Gasteiger partial charge in [-0.1, -0.05) is 56.5 Å². The first-order chi connectivity index (χ1) is 6.33. The molecular weight excluding hydrogens is 220 g/mol. The van der Waals surface area contributed by atoms with E-state index in [-0.39, 0.29) is 35.5 Å². The number of benzene rings is 1. The fourth-order valence-corrected chi connectivity index (χ4v) is 1.41. The van der Waals surface area contributed by atoms with Gasteiger partial charge in [-0.3, -0.25) is 0 Å². The molecule has 1 aromatic rings. The molecule has 0 aromatic heterocycles. The van der Waals surface area contributed by atoms with Crippen LogP contribution < -0.4 is 17.5 Å². The first-order valence-corrected chi connectivity index (χ1v) is 5.02. The molecule has 0 aliphatic rings. The van der Waals surface area contributed by atoms with E-state index in [9.17, 15) is 5.11 Å². The van der Waals surface area contributed by atoms with Crippen LogP contribution in [0.5, 0.6) is 0 Å². The summed E-state index contributed by atoms with van der Waals surface area (Å²) < 4.78 is 0. The zero-order valence-corrected chi connectivity index (χ0v) is 11.5. The van der Waals surface area contributed by atoms with Crippen LogP contribution in [0.3, 0.4) is 0 Å². The maximum atomic E-state index is 11.5. The van der Waals surface area contributed by atoms with Gasteiger partial charge in [-0.2, -0.15) is 0 Å². The van der Waals surface area contributed by atoms with Crippen molar-refractivity contribution < 1.29 is 17.5 Å². The van der Waals surface area contributed by atoms with E-state index in [4.69, 9.17) is 0 Å². The second kappa shape index (κ2) is 10.7. The van der Waals surface area contributed by atoms with Crippen LogP contribution >= 0.6 is 0 Å². The molecule has 1 atom stereocenters. The Morgan fingerprint density at radius 3 is 2.33 bits per heavy atom. The predicted octanol–water partition coefficient (Wildman–Crippen LogP) is -1.23. The summed E-state index contributed by atoms with van der Waals surface area (Å²) in [5, 5.41) is 11.5. The molecule has 0 radical (unpaired) electrons. The molecule has 1 unspecified atom stereocenters. The van der Waals surface area contributed by atoms with Crippen molar-refractivity contribution in [3.8, 4) is 0 Å². The molecule has 1 rings (SSSR count). The molecule has 1 nitrogen and oxygen atoms in total. The fourth-order valence-electron chi connectivity index (χ4n) is 1.41. The second-order valence-electron chi connectivity index (χ2n) is 3.45. The van der Waals surface area contributed by atoms with Gasteiger partial charge in [0.25, 0.3) is 0 Å². The van der Waals surface area contributed by atoms with Crippen molar-refractivity contribution in [2.75, 3.05) is 0 Å². The third-order valence-electron chi connectivity index (χ3n) is 2.19. The minimum Gasteiger partial charge on any atom is -1.00 e. The topological polar surface area (TPSA) is 23.1 Å². The van der Waals surface area contributed by atoms with Crippen molar-refractivity contribution in [2.24, 2.45) is 0 Å². The van der Waals surface area contributed by atoms with Crippen molar-refractivity contribution in [3.05, 3.63) is 35.9 Å². The second-order valence-corrected chi connectivity index (χ2v) is 3.45. The Bertz CT molecular complexity index is 228. The van der Waals surface area contributed by atoms with E-state index in [1.165, 1.54) is 5.56 Å². The predicted molar refractivity (Wildman–Crippen MR) is 59.2 cm³/mol. The van der Waals surface area contributed by atoms with Crippen LogP contribution in [0.1, 0.15) is 31.7 Å².